The Bertz CT molecular complexity index is 388. The van der Waals surface area contributed by atoms with E-state index in [1.807, 2.05) is 18.2 Å². The Hall–Kier alpha value is -0.500. The van der Waals surface area contributed by atoms with Crippen LogP contribution in [0, 0.1) is 0 Å². The van der Waals surface area contributed by atoms with Gasteiger partial charge in [0, 0.05) is 6.04 Å². The van der Waals surface area contributed by atoms with Gasteiger partial charge in [-0.1, -0.05) is 41.8 Å². The number of benzene rings is 1. The van der Waals surface area contributed by atoms with Gasteiger partial charge in [0.25, 0.3) is 0 Å². The van der Waals surface area contributed by atoms with Crippen molar-refractivity contribution in [1.82, 2.24) is 5.32 Å². The summed E-state index contributed by atoms with van der Waals surface area (Å²) in [5, 5.41) is 4.67. The van der Waals surface area contributed by atoms with Crippen molar-refractivity contribution in [3.8, 4) is 0 Å². The van der Waals surface area contributed by atoms with Gasteiger partial charge in [-0.3, -0.25) is 0 Å². The molecule has 0 aliphatic carbocycles. The number of allylic oxidation sites excluding steroid dienone is 1. The molecule has 1 N–H and O–H groups in total. The van der Waals surface area contributed by atoms with Gasteiger partial charge < -0.3 is 5.32 Å². The first kappa shape index (κ1) is 14.6. The van der Waals surface area contributed by atoms with Gasteiger partial charge in [-0.15, -0.1) is 6.58 Å². The molecule has 0 heterocycles. The first-order valence-electron chi connectivity index (χ1n) is 5.87. The highest BCUT2D eigenvalue weighted by molar-refractivity contribution is 6.42. The molecule has 0 radical (unpaired) electrons. The molecule has 0 spiro atoms. The van der Waals surface area contributed by atoms with E-state index in [2.05, 4.69) is 25.7 Å². The first-order valence-corrected chi connectivity index (χ1v) is 6.63. The van der Waals surface area contributed by atoms with Gasteiger partial charge in [-0.05, 0) is 44.0 Å². The van der Waals surface area contributed by atoms with E-state index in [4.69, 9.17) is 23.2 Å². The maximum absolute atomic E-state index is 6.04. The van der Waals surface area contributed by atoms with Gasteiger partial charge in [-0.2, -0.15) is 0 Å². The van der Waals surface area contributed by atoms with Gasteiger partial charge in [-0.25, -0.2) is 0 Å². The number of nitrogens with one attached hydrogen (secondary N) is 1. The van der Waals surface area contributed by atoms with Gasteiger partial charge in [0.15, 0.2) is 0 Å². The summed E-state index contributed by atoms with van der Waals surface area (Å²) in [6.45, 7) is 9.03. The first-order chi connectivity index (χ1) is 8.04. The largest absolute Gasteiger partial charge is 0.310 e. The van der Waals surface area contributed by atoms with Crippen LogP contribution in [-0.4, -0.2) is 6.54 Å². The van der Waals surface area contributed by atoms with Crippen LogP contribution in [0.1, 0.15) is 38.3 Å². The molecule has 1 nitrogen and oxygen atoms in total. The van der Waals surface area contributed by atoms with Crippen molar-refractivity contribution in [2.24, 2.45) is 0 Å². The lowest BCUT2D eigenvalue weighted by Gasteiger charge is -2.19. The Kier molecular flexibility index (Phi) is 6.04. The third-order valence-electron chi connectivity index (χ3n) is 2.66. The smallest absolute Gasteiger partial charge is 0.0595 e. The van der Waals surface area contributed by atoms with Crippen LogP contribution in [0.4, 0.5) is 0 Å². The van der Waals surface area contributed by atoms with Crippen molar-refractivity contribution >= 4 is 23.2 Å². The maximum Gasteiger partial charge on any atom is 0.0595 e. The molecular weight excluding hydrogens is 253 g/mol. The van der Waals surface area contributed by atoms with Crippen LogP contribution in [0.25, 0.3) is 0 Å². The normalized spacial score (nSPS) is 12.5. The predicted molar refractivity (Wildman–Crippen MR) is 76.9 cm³/mol. The molecule has 1 aromatic rings. The third-order valence-corrected chi connectivity index (χ3v) is 3.40. The van der Waals surface area contributed by atoms with Gasteiger partial charge in [0.05, 0.1) is 10.0 Å². The molecule has 0 bridgehead atoms. The highest BCUT2D eigenvalue weighted by Gasteiger charge is 2.11. The Labute approximate surface area is 114 Å². The molecule has 3 heteroatoms. The zero-order valence-electron chi connectivity index (χ0n) is 10.4. The minimum absolute atomic E-state index is 0.312. The molecule has 17 heavy (non-hydrogen) atoms. The van der Waals surface area contributed by atoms with Crippen molar-refractivity contribution in [1.29, 1.82) is 0 Å². The van der Waals surface area contributed by atoms with Crippen LogP contribution >= 0.6 is 23.2 Å². The Morgan fingerprint density at radius 3 is 2.59 bits per heavy atom. The summed E-state index contributed by atoms with van der Waals surface area (Å²) in [7, 11) is 0. The lowest BCUT2D eigenvalue weighted by Crippen LogP contribution is -2.20. The van der Waals surface area contributed by atoms with Crippen LogP contribution in [-0.2, 0) is 0 Å². The number of hydrogen-bond donors (Lipinski definition) is 1. The molecule has 0 aliphatic heterocycles. The molecule has 1 unspecified atom stereocenters. The number of rotatable bonds is 6. The molecule has 0 aromatic heterocycles. The number of halogens is 2. The highest BCUT2D eigenvalue weighted by Crippen LogP contribution is 2.28. The molecule has 0 saturated carbocycles. The molecule has 0 amide bonds. The van der Waals surface area contributed by atoms with E-state index in [0.717, 1.165) is 19.4 Å². The summed E-state index contributed by atoms with van der Waals surface area (Å²) in [5.74, 6) is 0. The Morgan fingerprint density at radius 1 is 1.35 bits per heavy atom. The average Bonchev–Trinajstić information content (AvgIpc) is 2.28. The molecule has 1 atom stereocenters. The fourth-order valence-corrected chi connectivity index (χ4v) is 2.06. The van der Waals surface area contributed by atoms with E-state index in [0.29, 0.717) is 16.1 Å². The SMILES string of the molecule is C=C(C)CCC(NCC)c1ccc(Cl)c(Cl)c1. The maximum atomic E-state index is 6.04. The summed E-state index contributed by atoms with van der Waals surface area (Å²) >= 11 is 12.0. The van der Waals surface area contributed by atoms with Crippen LogP contribution in [0.2, 0.25) is 10.0 Å². The van der Waals surface area contributed by atoms with Gasteiger partial charge in [0.1, 0.15) is 0 Å². The van der Waals surface area contributed by atoms with E-state index in [1.165, 1.54) is 11.1 Å². The van der Waals surface area contributed by atoms with Crippen LogP contribution in [0.5, 0.6) is 0 Å². The Morgan fingerprint density at radius 2 is 2.06 bits per heavy atom. The molecular formula is C14H19Cl2N. The van der Waals surface area contributed by atoms with Crippen molar-refractivity contribution in [3.05, 3.63) is 46.0 Å². The minimum Gasteiger partial charge on any atom is -0.310 e. The zero-order chi connectivity index (χ0) is 12.8. The number of hydrogen-bond acceptors (Lipinski definition) is 1. The second-order valence-corrected chi connectivity index (χ2v) is 5.09. The summed E-state index contributed by atoms with van der Waals surface area (Å²) in [6, 6.07) is 6.13. The molecule has 94 valence electrons. The summed E-state index contributed by atoms with van der Waals surface area (Å²) < 4.78 is 0. The molecule has 0 fully saturated rings. The summed E-state index contributed by atoms with van der Waals surface area (Å²) in [6.07, 6.45) is 2.04. The molecule has 1 aromatic carbocycles. The third kappa shape index (κ3) is 4.71. The topological polar surface area (TPSA) is 12.0 Å². The fourth-order valence-electron chi connectivity index (χ4n) is 1.75. The monoisotopic (exact) mass is 271 g/mol. The quantitative estimate of drug-likeness (QED) is 0.718. The fraction of sp³-hybridized carbons (Fsp3) is 0.429. The standard InChI is InChI=1S/C14H19Cl2N/c1-4-17-14(8-5-10(2)3)11-6-7-12(15)13(16)9-11/h6-7,9,14,17H,2,4-5,8H2,1,3H3. The summed E-state index contributed by atoms with van der Waals surface area (Å²) in [5.41, 5.74) is 2.38. The molecule has 0 aliphatic rings. The summed E-state index contributed by atoms with van der Waals surface area (Å²) in [4.78, 5) is 0. The van der Waals surface area contributed by atoms with E-state index in [9.17, 15) is 0 Å². The van der Waals surface area contributed by atoms with E-state index in [-0.39, 0.29) is 0 Å². The van der Waals surface area contributed by atoms with Crippen molar-refractivity contribution in [2.75, 3.05) is 6.54 Å². The van der Waals surface area contributed by atoms with E-state index >= 15 is 0 Å². The second kappa shape index (κ2) is 7.05. The Balaban J connectivity index is 2.81. The van der Waals surface area contributed by atoms with Crippen molar-refractivity contribution in [3.63, 3.8) is 0 Å². The van der Waals surface area contributed by atoms with Crippen molar-refractivity contribution < 1.29 is 0 Å². The van der Waals surface area contributed by atoms with Crippen LogP contribution in [0.3, 0.4) is 0 Å². The van der Waals surface area contributed by atoms with Gasteiger partial charge in [0.2, 0.25) is 0 Å². The zero-order valence-corrected chi connectivity index (χ0v) is 11.9. The molecule has 0 saturated heterocycles. The lowest BCUT2D eigenvalue weighted by atomic mass is 10.00. The predicted octanol–water partition coefficient (Wildman–Crippen LogP) is 5.00. The second-order valence-electron chi connectivity index (χ2n) is 4.28. The van der Waals surface area contributed by atoms with Crippen LogP contribution < -0.4 is 5.32 Å². The van der Waals surface area contributed by atoms with E-state index < -0.39 is 0 Å². The van der Waals surface area contributed by atoms with Crippen LogP contribution in [0.15, 0.2) is 30.4 Å². The minimum atomic E-state index is 0.312. The average molecular weight is 272 g/mol. The highest BCUT2D eigenvalue weighted by atomic mass is 35.5. The lowest BCUT2D eigenvalue weighted by molar-refractivity contribution is 0.515. The van der Waals surface area contributed by atoms with E-state index in [1.54, 1.807) is 0 Å². The van der Waals surface area contributed by atoms with Crippen molar-refractivity contribution in [2.45, 2.75) is 32.7 Å². The molecule has 1 rings (SSSR count). The van der Waals surface area contributed by atoms with Gasteiger partial charge >= 0.3 is 0 Å².